The Bertz CT molecular complexity index is 700. The van der Waals surface area contributed by atoms with E-state index in [1.54, 1.807) is 0 Å². The van der Waals surface area contributed by atoms with Crippen molar-refractivity contribution in [2.24, 2.45) is 5.41 Å². The van der Waals surface area contributed by atoms with E-state index in [-0.39, 0.29) is 17.2 Å². The first kappa shape index (κ1) is 16.6. The smallest absolute Gasteiger partial charge is 0.274 e. The van der Waals surface area contributed by atoms with Gasteiger partial charge in [-0.15, -0.1) is 0 Å². The molecular weight excluding hydrogens is 318 g/mol. The van der Waals surface area contributed by atoms with E-state index in [2.05, 4.69) is 22.1 Å². The topological polar surface area (TPSA) is 72.5 Å². The van der Waals surface area contributed by atoms with Crippen LogP contribution in [0.4, 0.5) is 0 Å². The van der Waals surface area contributed by atoms with Gasteiger partial charge >= 0.3 is 0 Å². The normalized spacial score (nSPS) is 27.2. The van der Waals surface area contributed by atoms with Crippen molar-refractivity contribution in [2.45, 2.75) is 39.2 Å². The zero-order valence-electron chi connectivity index (χ0n) is 15.2. The monoisotopic (exact) mass is 345 g/mol. The van der Waals surface area contributed by atoms with Gasteiger partial charge in [-0.2, -0.15) is 5.10 Å². The maximum Gasteiger partial charge on any atom is 0.274 e. The van der Waals surface area contributed by atoms with E-state index in [4.69, 9.17) is 0 Å². The maximum absolute atomic E-state index is 13.1. The Balaban J connectivity index is 1.53. The van der Waals surface area contributed by atoms with Crippen LogP contribution in [0.3, 0.4) is 0 Å². The second-order valence-corrected chi connectivity index (χ2v) is 7.76. The molecule has 7 heteroatoms. The molecule has 1 atom stereocenters. The molecule has 4 rings (SSSR count). The molecule has 3 aliphatic heterocycles. The summed E-state index contributed by atoms with van der Waals surface area (Å²) in [4.78, 5) is 31.9. The van der Waals surface area contributed by atoms with Crippen molar-refractivity contribution < 1.29 is 9.59 Å². The Morgan fingerprint density at radius 1 is 1.28 bits per heavy atom. The van der Waals surface area contributed by atoms with Crippen LogP contribution in [0.25, 0.3) is 0 Å². The molecule has 1 aromatic rings. The number of fused-ring (bicyclic) bond motifs is 1. The third kappa shape index (κ3) is 2.65. The zero-order valence-corrected chi connectivity index (χ0v) is 15.2. The van der Waals surface area contributed by atoms with Gasteiger partial charge in [0.15, 0.2) is 5.69 Å². The van der Waals surface area contributed by atoms with E-state index < -0.39 is 0 Å². The Morgan fingerprint density at radius 3 is 2.92 bits per heavy atom. The molecule has 2 saturated heterocycles. The summed E-state index contributed by atoms with van der Waals surface area (Å²) < 4.78 is 0. The number of hydrogen-bond donors (Lipinski definition) is 1. The van der Waals surface area contributed by atoms with E-state index in [0.717, 1.165) is 63.1 Å². The van der Waals surface area contributed by atoms with E-state index in [0.29, 0.717) is 18.8 Å². The summed E-state index contributed by atoms with van der Waals surface area (Å²) in [6.07, 6.45) is 3.61. The van der Waals surface area contributed by atoms with Crippen LogP contribution >= 0.6 is 0 Å². The van der Waals surface area contributed by atoms with Gasteiger partial charge in [-0.1, -0.05) is 0 Å². The number of aromatic nitrogens is 2. The van der Waals surface area contributed by atoms with Crippen molar-refractivity contribution in [3.05, 3.63) is 17.0 Å². The van der Waals surface area contributed by atoms with Gasteiger partial charge in [-0.05, 0) is 33.2 Å². The predicted octanol–water partition coefficient (Wildman–Crippen LogP) is 0.872. The van der Waals surface area contributed by atoms with Crippen LogP contribution in [0.5, 0.6) is 0 Å². The maximum atomic E-state index is 13.1. The second-order valence-electron chi connectivity index (χ2n) is 7.76. The van der Waals surface area contributed by atoms with E-state index >= 15 is 0 Å². The molecule has 3 aliphatic rings. The van der Waals surface area contributed by atoms with Gasteiger partial charge in [0.25, 0.3) is 5.91 Å². The number of aromatic amines is 1. The van der Waals surface area contributed by atoms with Crippen LogP contribution in [0.1, 0.15) is 47.9 Å². The molecule has 2 fully saturated rings. The lowest BCUT2D eigenvalue weighted by Crippen LogP contribution is -2.50. The fraction of sp³-hybridized carbons (Fsp3) is 0.722. The predicted molar refractivity (Wildman–Crippen MR) is 93.1 cm³/mol. The van der Waals surface area contributed by atoms with Crippen molar-refractivity contribution >= 4 is 11.8 Å². The standard InChI is InChI=1S/C18H27N5O2/c1-3-22-8-4-6-18(17(22)25)7-10-23(12-18)16(24)15-13-11-21(2)9-5-14(13)19-20-15/h3-12H2,1-2H3,(H,19,20)/t18-/m1/s1. The highest BCUT2D eigenvalue weighted by Crippen LogP contribution is 2.40. The largest absolute Gasteiger partial charge is 0.342 e. The molecule has 0 aromatic carbocycles. The number of rotatable bonds is 2. The van der Waals surface area contributed by atoms with E-state index in [1.165, 1.54) is 0 Å². The van der Waals surface area contributed by atoms with Gasteiger partial charge in [-0.25, -0.2) is 0 Å². The lowest BCUT2D eigenvalue weighted by molar-refractivity contribution is -0.145. The number of likely N-dealkylation sites (N-methyl/N-ethyl adjacent to an activating group) is 1. The molecule has 0 aliphatic carbocycles. The number of carbonyl (C=O) groups is 2. The highest BCUT2D eigenvalue weighted by atomic mass is 16.2. The number of H-pyrrole nitrogens is 1. The molecule has 136 valence electrons. The lowest BCUT2D eigenvalue weighted by Gasteiger charge is -2.38. The van der Waals surface area contributed by atoms with Crippen molar-refractivity contribution in [3.63, 3.8) is 0 Å². The van der Waals surface area contributed by atoms with Crippen LogP contribution in [0.2, 0.25) is 0 Å². The minimum atomic E-state index is -0.364. The van der Waals surface area contributed by atoms with Gasteiger partial charge < -0.3 is 14.7 Å². The summed E-state index contributed by atoms with van der Waals surface area (Å²) in [5.74, 6) is 0.214. The average molecular weight is 345 g/mol. The zero-order chi connectivity index (χ0) is 17.6. The van der Waals surface area contributed by atoms with Crippen molar-refractivity contribution in [1.82, 2.24) is 24.9 Å². The summed E-state index contributed by atoms with van der Waals surface area (Å²) in [6.45, 7) is 6.57. The molecule has 7 nitrogen and oxygen atoms in total. The molecule has 1 aromatic heterocycles. The number of carbonyl (C=O) groups excluding carboxylic acids is 2. The van der Waals surface area contributed by atoms with Gasteiger partial charge in [0, 0.05) is 56.9 Å². The number of amides is 2. The first-order valence-corrected chi connectivity index (χ1v) is 9.37. The number of piperidine rings is 1. The molecule has 25 heavy (non-hydrogen) atoms. The van der Waals surface area contributed by atoms with E-state index in [1.807, 2.05) is 16.7 Å². The number of nitrogens with one attached hydrogen (secondary N) is 1. The molecule has 0 unspecified atom stereocenters. The molecule has 2 amide bonds. The minimum Gasteiger partial charge on any atom is -0.342 e. The summed E-state index contributed by atoms with van der Waals surface area (Å²) in [5.41, 5.74) is 2.30. The first-order valence-electron chi connectivity index (χ1n) is 9.37. The van der Waals surface area contributed by atoms with Crippen LogP contribution in [0.15, 0.2) is 0 Å². The molecule has 1 spiro atoms. The summed E-state index contributed by atoms with van der Waals surface area (Å²) in [6, 6.07) is 0. The van der Waals surface area contributed by atoms with Crippen LogP contribution in [0, 0.1) is 5.41 Å². The van der Waals surface area contributed by atoms with Crippen molar-refractivity contribution in [2.75, 3.05) is 39.8 Å². The van der Waals surface area contributed by atoms with Crippen LogP contribution < -0.4 is 0 Å². The van der Waals surface area contributed by atoms with E-state index in [9.17, 15) is 9.59 Å². The summed E-state index contributed by atoms with van der Waals surface area (Å²) in [7, 11) is 2.06. The molecule has 1 N–H and O–H groups in total. The van der Waals surface area contributed by atoms with Gasteiger partial charge in [-0.3, -0.25) is 14.7 Å². The Hall–Kier alpha value is -1.89. The molecular formula is C18H27N5O2. The van der Waals surface area contributed by atoms with Crippen LogP contribution in [-0.4, -0.2) is 76.5 Å². The van der Waals surface area contributed by atoms with Gasteiger partial charge in [0.05, 0.1) is 5.41 Å². The SMILES string of the molecule is CCN1CCC[C@]2(CCN(C(=O)c3n[nH]c4c3CN(C)CC4)C2)C1=O. The summed E-state index contributed by atoms with van der Waals surface area (Å²) >= 11 is 0. The Morgan fingerprint density at radius 2 is 2.12 bits per heavy atom. The van der Waals surface area contributed by atoms with Gasteiger partial charge in [0.1, 0.15) is 0 Å². The highest BCUT2D eigenvalue weighted by molar-refractivity contribution is 5.95. The quantitative estimate of drug-likeness (QED) is 0.863. The van der Waals surface area contributed by atoms with Gasteiger partial charge in [0.2, 0.25) is 5.91 Å². The molecule has 0 radical (unpaired) electrons. The Labute approximate surface area is 148 Å². The number of likely N-dealkylation sites (tertiary alicyclic amines) is 2. The fourth-order valence-electron chi connectivity index (χ4n) is 4.63. The highest BCUT2D eigenvalue weighted by Gasteiger charge is 2.49. The third-order valence-electron chi connectivity index (χ3n) is 6.17. The third-order valence-corrected chi connectivity index (χ3v) is 6.17. The second kappa shape index (κ2) is 6.12. The average Bonchev–Trinajstić information content (AvgIpc) is 3.22. The molecule has 4 heterocycles. The van der Waals surface area contributed by atoms with Crippen LogP contribution in [-0.2, 0) is 17.8 Å². The van der Waals surface area contributed by atoms with Crippen molar-refractivity contribution in [1.29, 1.82) is 0 Å². The number of nitrogens with zero attached hydrogens (tertiary/aromatic N) is 4. The Kier molecular flexibility index (Phi) is 4.06. The fourth-order valence-corrected chi connectivity index (χ4v) is 4.63. The first-order chi connectivity index (χ1) is 12.0. The minimum absolute atomic E-state index is 0.0221. The lowest BCUT2D eigenvalue weighted by atomic mass is 9.78. The van der Waals surface area contributed by atoms with Crippen molar-refractivity contribution in [3.8, 4) is 0 Å². The molecule has 0 saturated carbocycles. The molecule has 0 bridgehead atoms. The number of hydrogen-bond acceptors (Lipinski definition) is 4. The summed E-state index contributed by atoms with van der Waals surface area (Å²) in [5, 5.41) is 7.37.